The Morgan fingerprint density at radius 3 is 2.81 bits per heavy atom. The third-order valence-corrected chi connectivity index (χ3v) is 3.86. The van der Waals surface area contributed by atoms with Crippen molar-refractivity contribution in [1.29, 1.82) is 0 Å². The van der Waals surface area contributed by atoms with E-state index in [1.165, 1.54) is 11.0 Å². The lowest BCUT2D eigenvalue weighted by atomic mass is 10.0. The molecule has 0 spiro atoms. The van der Waals surface area contributed by atoms with Crippen LogP contribution in [0.5, 0.6) is 0 Å². The van der Waals surface area contributed by atoms with Gasteiger partial charge >= 0.3 is 0 Å². The molecule has 1 unspecified atom stereocenters. The van der Waals surface area contributed by atoms with Gasteiger partial charge in [0.25, 0.3) is 0 Å². The molecule has 1 saturated heterocycles. The summed E-state index contributed by atoms with van der Waals surface area (Å²) in [4.78, 5) is 25.7. The van der Waals surface area contributed by atoms with Crippen LogP contribution in [0.1, 0.15) is 26.7 Å². The van der Waals surface area contributed by atoms with Gasteiger partial charge in [-0.15, -0.1) is 0 Å². The van der Waals surface area contributed by atoms with Crippen LogP contribution in [0.3, 0.4) is 0 Å². The molecule has 1 aromatic carbocycles. The molecule has 0 radical (unpaired) electrons. The highest BCUT2D eigenvalue weighted by Gasteiger charge is 2.32. The number of hydrogen-bond donors (Lipinski definition) is 1. The maximum Gasteiger partial charge on any atom is 0.249 e. The summed E-state index contributed by atoms with van der Waals surface area (Å²) in [6, 6.07) is 3.86. The van der Waals surface area contributed by atoms with Crippen LogP contribution in [-0.4, -0.2) is 24.4 Å². The van der Waals surface area contributed by atoms with Gasteiger partial charge in [0.2, 0.25) is 11.8 Å². The fourth-order valence-electron chi connectivity index (χ4n) is 2.40. The zero-order chi connectivity index (χ0) is 15.6. The zero-order valence-corrected chi connectivity index (χ0v) is 13.6. The molecule has 1 aliphatic heterocycles. The van der Waals surface area contributed by atoms with E-state index in [0.29, 0.717) is 10.9 Å². The number of carbonyl (C=O) groups excluding carboxylic acids is 2. The maximum absolute atomic E-state index is 14.0. The van der Waals surface area contributed by atoms with Crippen LogP contribution in [0.2, 0.25) is 0 Å². The Bertz CT molecular complexity index is 563. The third kappa shape index (κ3) is 3.81. The number of anilines is 1. The van der Waals surface area contributed by atoms with Crippen molar-refractivity contribution in [3.05, 3.63) is 28.5 Å². The molecule has 0 aromatic heterocycles. The molecule has 1 atom stereocenters. The van der Waals surface area contributed by atoms with Gasteiger partial charge < -0.3 is 10.2 Å². The second-order valence-corrected chi connectivity index (χ2v) is 6.50. The van der Waals surface area contributed by atoms with Crippen molar-refractivity contribution in [2.75, 3.05) is 11.4 Å². The predicted molar refractivity (Wildman–Crippen MR) is 82.5 cm³/mol. The molecular weight excluding hydrogens is 339 g/mol. The monoisotopic (exact) mass is 356 g/mol. The number of nitrogens with zero attached hydrogens (tertiary/aromatic N) is 1. The second-order valence-electron chi connectivity index (χ2n) is 5.59. The molecule has 2 amide bonds. The fraction of sp³-hybridized carbons (Fsp3) is 0.467. The summed E-state index contributed by atoms with van der Waals surface area (Å²) in [5.74, 6) is -0.644. The van der Waals surface area contributed by atoms with Crippen LogP contribution >= 0.6 is 15.9 Å². The Morgan fingerprint density at radius 1 is 1.43 bits per heavy atom. The highest BCUT2D eigenvalue weighted by atomic mass is 79.9. The van der Waals surface area contributed by atoms with E-state index in [9.17, 15) is 14.0 Å². The summed E-state index contributed by atoms with van der Waals surface area (Å²) >= 11 is 3.28. The number of halogens is 2. The minimum atomic E-state index is -0.599. The molecule has 4 nitrogen and oxygen atoms in total. The highest BCUT2D eigenvalue weighted by molar-refractivity contribution is 9.10. The maximum atomic E-state index is 14.0. The predicted octanol–water partition coefficient (Wildman–Crippen LogP) is 2.86. The van der Waals surface area contributed by atoms with Crippen molar-refractivity contribution in [3.8, 4) is 0 Å². The van der Waals surface area contributed by atoms with Gasteiger partial charge in [0, 0.05) is 17.4 Å². The zero-order valence-electron chi connectivity index (χ0n) is 12.0. The van der Waals surface area contributed by atoms with E-state index in [0.717, 1.165) is 0 Å². The Balaban J connectivity index is 2.35. The Labute approximate surface area is 131 Å². The Hall–Kier alpha value is -1.43. The largest absolute Gasteiger partial charge is 0.344 e. The number of nitrogens with one attached hydrogen (secondary N) is 1. The number of amides is 2. The molecule has 6 heteroatoms. The van der Waals surface area contributed by atoms with E-state index in [1.54, 1.807) is 12.1 Å². The molecule has 0 bridgehead atoms. The van der Waals surface area contributed by atoms with Crippen LogP contribution in [0.15, 0.2) is 22.7 Å². The fourth-order valence-corrected chi connectivity index (χ4v) is 2.75. The van der Waals surface area contributed by atoms with E-state index in [4.69, 9.17) is 0 Å². The van der Waals surface area contributed by atoms with E-state index < -0.39 is 11.9 Å². The summed E-state index contributed by atoms with van der Waals surface area (Å²) in [7, 11) is 0. The van der Waals surface area contributed by atoms with Crippen molar-refractivity contribution >= 4 is 33.4 Å². The van der Waals surface area contributed by atoms with Gasteiger partial charge in [-0.05, 0) is 30.5 Å². The SMILES string of the molecule is CC(C)CC1NC(=O)CCN(c2cc(Br)ccc2F)C1=O. The lowest BCUT2D eigenvalue weighted by molar-refractivity contribution is -0.125. The number of hydrogen-bond acceptors (Lipinski definition) is 2. The molecule has 2 rings (SSSR count). The van der Waals surface area contributed by atoms with Crippen LogP contribution in [-0.2, 0) is 9.59 Å². The minimum Gasteiger partial charge on any atom is -0.344 e. The van der Waals surface area contributed by atoms with Gasteiger partial charge in [-0.2, -0.15) is 0 Å². The smallest absolute Gasteiger partial charge is 0.249 e. The van der Waals surface area contributed by atoms with E-state index in [-0.39, 0.29) is 36.4 Å². The lowest BCUT2D eigenvalue weighted by Gasteiger charge is -2.25. The van der Waals surface area contributed by atoms with E-state index >= 15 is 0 Å². The van der Waals surface area contributed by atoms with Crippen molar-refractivity contribution < 1.29 is 14.0 Å². The second kappa shape index (κ2) is 6.56. The average Bonchev–Trinajstić information content (AvgIpc) is 2.53. The van der Waals surface area contributed by atoms with Crippen LogP contribution < -0.4 is 10.2 Å². The van der Waals surface area contributed by atoms with Crippen LogP contribution in [0.25, 0.3) is 0 Å². The average molecular weight is 357 g/mol. The molecule has 21 heavy (non-hydrogen) atoms. The quantitative estimate of drug-likeness (QED) is 0.905. The van der Waals surface area contributed by atoms with Gasteiger partial charge in [0.15, 0.2) is 0 Å². The highest BCUT2D eigenvalue weighted by Crippen LogP contribution is 2.26. The summed E-state index contributed by atoms with van der Waals surface area (Å²) in [6.45, 7) is 4.15. The molecule has 1 fully saturated rings. The van der Waals surface area contributed by atoms with Gasteiger partial charge in [-0.1, -0.05) is 29.8 Å². The molecule has 1 aromatic rings. The lowest BCUT2D eigenvalue weighted by Crippen LogP contribution is -2.45. The molecule has 114 valence electrons. The standard InChI is InChI=1S/C15H18BrFN2O2/c1-9(2)7-12-15(21)19(6-5-14(20)18-12)13-8-10(16)3-4-11(13)17/h3-4,8-9,12H,5-7H2,1-2H3,(H,18,20). The summed E-state index contributed by atoms with van der Waals surface area (Å²) in [5, 5.41) is 2.73. The van der Waals surface area contributed by atoms with Gasteiger partial charge in [-0.3, -0.25) is 9.59 Å². The molecular formula is C15H18BrFN2O2. The van der Waals surface area contributed by atoms with Gasteiger partial charge in [0.05, 0.1) is 5.69 Å². The minimum absolute atomic E-state index is 0.173. The van der Waals surface area contributed by atoms with Gasteiger partial charge in [0.1, 0.15) is 11.9 Å². The topological polar surface area (TPSA) is 49.4 Å². The third-order valence-electron chi connectivity index (χ3n) is 3.37. The van der Waals surface area contributed by atoms with E-state index in [2.05, 4.69) is 21.2 Å². The molecule has 0 saturated carbocycles. The molecule has 1 aliphatic rings. The first-order valence-corrected chi connectivity index (χ1v) is 7.73. The van der Waals surface area contributed by atoms with Crippen molar-refractivity contribution in [3.63, 3.8) is 0 Å². The van der Waals surface area contributed by atoms with Crippen molar-refractivity contribution in [2.24, 2.45) is 5.92 Å². The first kappa shape index (κ1) is 15.9. The Kier molecular flexibility index (Phi) is 4.98. The van der Waals surface area contributed by atoms with Crippen LogP contribution in [0.4, 0.5) is 10.1 Å². The number of benzene rings is 1. The normalized spacial score (nSPS) is 19.7. The number of rotatable bonds is 3. The Morgan fingerprint density at radius 2 is 2.14 bits per heavy atom. The van der Waals surface area contributed by atoms with E-state index in [1.807, 2.05) is 13.8 Å². The number of carbonyl (C=O) groups is 2. The molecule has 1 N–H and O–H groups in total. The summed E-state index contributed by atoms with van der Waals surface area (Å²) in [6.07, 6.45) is 0.711. The van der Waals surface area contributed by atoms with Crippen LogP contribution in [0, 0.1) is 11.7 Å². The molecule has 1 heterocycles. The van der Waals surface area contributed by atoms with Crippen molar-refractivity contribution in [1.82, 2.24) is 5.32 Å². The van der Waals surface area contributed by atoms with Crippen molar-refractivity contribution in [2.45, 2.75) is 32.7 Å². The first-order chi connectivity index (χ1) is 9.88. The first-order valence-electron chi connectivity index (χ1n) is 6.94. The molecule has 0 aliphatic carbocycles. The summed E-state index contributed by atoms with van der Waals surface area (Å²) < 4.78 is 14.7. The van der Waals surface area contributed by atoms with Gasteiger partial charge in [-0.25, -0.2) is 4.39 Å². The summed E-state index contributed by atoms with van der Waals surface area (Å²) in [5.41, 5.74) is 0.208.